The van der Waals surface area contributed by atoms with Gasteiger partial charge in [-0.15, -0.1) is 23.7 Å². The van der Waals surface area contributed by atoms with Gasteiger partial charge in [0.05, 0.1) is 12.2 Å². The van der Waals surface area contributed by atoms with Crippen LogP contribution in [0.4, 0.5) is 0 Å². The molecule has 5 heteroatoms. The van der Waals surface area contributed by atoms with Crippen molar-refractivity contribution in [3.63, 3.8) is 0 Å². The summed E-state index contributed by atoms with van der Waals surface area (Å²) in [5, 5.41) is 3.47. The first-order valence-electron chi connectivity index (χ1n) is 6.71. The third-order valence-electron chi connectivity index (χ3n) is 3.46. The highest BCUT2D eigenvalue weighted by Gasteiger charge is 2.21. The van der Waals surface area contributed by atoms with Gasteiger partial charge in [-0.3, -0.25) is 4.90 Å². The number of nitrogens with zero attached hydrogens (tertiary/aromatic N) is 2. The van der Waals surface area contributed by atoms with Crippen molar-refractivity contribution in [2.45, 2.75) is 51.6 Å². The van der Waals surface area contributed by atoms with Crippen molar-refractivity contribution in [3.05, 3.63) is 16.1 Å². The van der Waals surface area contributed by atoms with Gasteiger partial charge in [-0.25, -0.2) is 4.98 Å². The standard InChI is InChI=1S/C13H23N3S.ClH/c1-2-5-11-10-17-13(15-11)9-16-7-4-3-6-12(16)8-14;/h10,12H,2-9,14H2,1H3;1H. The second-order valence-corrected chi connectivity index (χ2v) is 5.78. The summed E-state index contributed by atoms with van der Waals surface area (Å²) < 4.78 is 0. The Bertz CT molecular complexity index is 343. The van der Waals surface area contributed by atoms with Crippen LogP contribution in [0, 0.1) is 0 Å². The summed E-state index contributed by atoms with van der Waals surface area (Å²) in [5.74, 6) is 0. The maximum Gasteiger partial charge on any atom is 0.107 e. The number of thiazole rings is 1. The third-order valence-corrected chi connectivity index (χ3v) is 4.35. The lowest BCUT2D eigenvalue weighted by Crippen LogP contribution is -2.43. The highest BCUT2D eigenvalue weighted by atomic mass is 35.5. The fraction of sp³-hybridized carbons (Fsp3) is 0.769. The zero-order valence-electron chi connectivity index (χ0n) is 11.1. The minimum Gasteiger partial charge on any atom is -0.329 e. The van der Waals surface area contributed by atoms with Crippen molar-refractivity contribution in [1.29, 1.82) is 0 Å². The molecule has 0 aromatic carbocycles. The van der Waals surface area contributed by atoms with E-state index in [4.69, 9.17) is 10.7 Å². The fourth-order valence-electron chi connectivity index (χ4n) is 2.50. The lowest BCUT2D eigenvalue weighted by atomic mass is 10.0. The molecule has 2 rings (SSSR count). The van der Waals surface area contributed by atoms with E-state index in [1.807, 2.05) is 0 Å². The number of hydrogen-bond donors (Lipinski definition) is 1. The average molecular weight is 290 g/mol. The summed E-state index contributed by atoms with van der Waals surface area (Å²) in [6, 6.07) is 0.572. The monoisotopic (exact) mass is 289 g/mol. The van der Waals surface area contributed by atoms with Crippen molar-refractivity contribution in [2.24, 2.45) is 5.73 Å². The van der Waals surface area contributed by atoms with Gasteiger partial charge in [-0.1, -0.05) is 19.8 Å². The molecule has 2 N–H and O–H groups in total. The number of nitrogens with two attached hydrogens (primary N) is 1. The minimum absolute atomic E-state index is 0. The van der Waals surface area contributed by atoms with Crippen LogP contribution in [0.25, 0.3) is 0 Å². The molecule has 0 aliphatic carbocycles. The smallest absolute Gasteiger partial charge is 0.107 e. The maximum atomic E-state index is 5.84. The van der Waals surface area contributed by atoms with E-state index in [1.54, 1.807) is 11.3 Å². The Labute approximate surface area is 120 Å². The normalized spacial score (nSPS) is 20.7. The Morgan fingerprint density at radius 3 is 3.06 bits per heavy atom. The first-order valence-corrected chi connectivity index (χ1v) is 7.58. The van der Waals surface area contributed by atoms with Gasteiger partial charge in [0.25, 0.3) is 0 Å². The Hall–Kier alpha value is -0.160. The van der Waals surface area contributed by atoms with E-state index < -0.39 is 0 Å². The quantitative estimate of drug-likeness (QED) is 0.906. The lowest BCUT2D eigenvalue weighted by molar-refractivity contribution is 0.144. The summed E-state index contributed by atoms with van der Waals surface area (Å²) in [4.78, 5) is 7.21. The topological polar surface area (TPSA) is 42.1 Å². The zero-order chi connectivity index (χ0) is 12.1. The molecule has 1 aromatic heterocycles. The van der Waals surface area contributed by atoms with E-state index >= 15 is 0 Å². The predicted octanol–water partition coefficient (Wildman–Crippen LogP) is 2.83. The number of aryl methyl sites for hydroxylation is 1. The van der Waals surface area contributed by atoms with Gasteiger partial charge < -0.3 is 5.73 Å². The highest BCUT2D eigenvalue weighted by molar-refractivity contribution is 7.09. The number of aromatic nitrogens is 1. The van der Waals surface area contributed by atoms with Crippen LogP contribution in [0.3, 0.4) is 0 Å². The number of piperidine rings is 1. The molecule has 104 valence electrons. The molecule has 1 aliphatic rings. The van der Waals surface area contributed by atoms with Crippen molar-refractivity contribution < 1.29 is 0 Å². The molecule has 1 aliphatic heterocycles. The average Bonchev–Trinajstić information content (AvgIpc) is 2.78. The number of rotatable bonds is 5. The van der Waals surface area contributed by atoms with Crippen LogP contribution < -0.4 is 5.73 Å². The summed E-state index contributed by atoms with van der Waals surface area (Å²) >= 11 is 1.80. The molecule has 1 saturated heterocycles. The maximum absolute atomic E-state index is 5.84. The molecule has 0 bridgehead atoms. The molecule has 0 spiro atoms. The molecule has 0 saturated carbocycles. The van der Waals surface area contributed by atoms with Crippen LogP contribution in [-0.4, -0.2) is 29.0 Å². The van der Waals surface area contributed by atoms with Crippen LogP contribution in [-0.2, 0) is 13.0 Å². The van der Waals surface area contributed by atoms with Crippen LogP contribution in [0.2, 0.25) is 0 Å². The second kappa shape index (κ2) is 8.10. The molecule has 3 nitrogen and oxygen atoms in total. The SMILES string of the molecule is CCCc1csc(CN2CCCCC2CN)n1.Cl. The number of hydrogen-bond acceptors (Lipinski definition) is 4. The molecule has 1 atom stereocenters. The first-order chi connectivity index (χ1) is 8.33. The van der Waals surface area contributed by atoms with Crippen LogP contribution in [0.1, 0.15) is 43.3 Å². The summed E-state index contributed by atoms with van der Waals surface area (Å²) in [6.45, 7) is 5.17. The van der Waals surface area contributed by atoms with E-state index in [9.17, 15) is 0 Å². The summed E-state index contributed by atoms with van der Waals surface area (Å²) in [7, 11) is 0. The molecule has 2 heterocycles. The molecule has 0 amide bonds. The van der Waals surface area contributed by atoms with Gasteiger partial charge >= 0.3 is 0 Å². The Kier molecular flexibility index (Phi) is 7.15. The number of likely N-dealkylation sites (tertiary alicyclic amines) is 1. The van der Waals surface area contributed by atoms with Gasteiger partial charge in [0.2, 0.25) is 0 Å². The largest absolute Gasteiger partial charge is 0.329 e. The molecule has 1 fully saturated rings. The van der Waals surface area contributed by atoms with E-state index in [0.29, 0.717) is 6.04 Å². The molecule has 1 unspecified atom stereocenters. The summed E-state index contributed by atoms with van der Waals surface area (Å²) in [5.41, 5.74) is 7.10. The van der Waals surface area contributed by atoms with Crippen molar-refractivity contribution in [1.82, 2.24) is 9.88 Å². The highest BCUT2D eigenvalue weighted by Crippen LogP contribution is 2.20. The van der Waals surface area contributed by atoms with Gasteiger partial charge in [0.15, 0.2) is 0 Å². The Morgan fingerprint density at radius 2 is 2.33 bits per heavy atom. The zero-order valence-corrected chi connectivity index (χ0v) is 12.7. The predicted molar refractivity (Wildman–Crippen MR) is 80.5 cm³/mol. The van der Waals surface area contributed by atoms with Gasteiger partial charge in [0.1, 0.15) is 5.01 Å². The van der Waals surface area contributed by atoms with Crippen molar-refractivity contribution >= 4 is 23.7 Å². The molecule has 0 radical (unpaired) electrons. The fourth-order valence-corrected chi connectivity index (χ4v) is 3.35. The molecular weight excluding hydrogens is 266 g/mol. The van der Waals surface area contributed by atoms with Gasteiger partial charge in [-0.05, 0) is 25.8 Å². The van der Waals surface area contributed by atoms with Gasteiger partial charge in [0, 0.05) is 18.0 Å². The first kappa shape index (κ1) is 15.9. The third kappa shape index (κ3) is 4.19. The van der Waals surface area contributed by atoms with E-state index in [2.05, 4.69) is 17.2 Å². The van der Waals surface area contributed by atoms with Gasteiger partial charge in [-0.2, -0.15) is 0 Å². The van der Waals surface area contributed by atoms with E-state index in [-0.39, 0.29) is 12.4 Å². The van der Waals surface area contributed by atoms with Crippen LogP contribution in [0.5, 0.6) is 0 Å². The van der Waals surface area contributed by atoms with E-state index in [0.717, 1.165) is 19.5 Å². The lowest BCUT2D eigenvalue weighted by Gasteiger charge is -2.34. The molecule has 18 heavy (non-hydrogen) atoms. The summed E-state index contributed by atoms with van der Waals surface area (Å²) in [6.07, 6.45) is 6.18. The van der Waals surface area contributed by atoms with Crippen LogP contribution in [0.15, 0.2) is 5.38 Å². The number of halogens is 1. The molecular formula is C13H24ClN3S. The molecule has 1 aromatic rings. The van der Waals surface area contributed by atoms with Crippen molar-refractivity contribution in [3.8, 4) is 0 Å². The minimum atomic E-state index is 0. The Morgan fingerprint density at radius 1 is 1.50 bits per heavy atom. The second-order valence-electron chi connectivity index (χ2n) is 4.84. The Balaban J connectivity index is 0.00000162. The van der Waals surface area contributed by atoms with Crippen LogP contribution >= 0.6 is 23.7 Å². The van der Waals surface area contributed by atoms with E-state index in [1.165, 1.54) is 42.9 Å². The van der Waals surface area contributed by atoms with Crippen molar-refractivity contribution in [2.75, 3.05) is 13.1 Å².